The molecule has 1 saturated heterocycles. The van der Waals surface area contributed by atoms with Crippen LogP contribution >= 0.6 is 0 Å². The van der Waals surface area contributed by atoms with Gasteiger partial charge in [-0.3, -0.25) is 9.69 Å². The predicted octanol–water partition coefficient (Wildman–Crippen LogP) is 0.839. The van der Waals surface area contributed by atoms with Crippen LogP contribution in [0.2, 0.25) is 0 Å². The highest BCUT2D eigenvalue weighted by molar-refractivity contribution is 5.73. The SMILES string of the molecule is CC1(O)CCCC1N1CCCC1C(=O)O. The van der Waals surface area contributed by atoms with E-state index in [0.717, 1.165) is 38.6 Å². The molecule has 2 N–H and O–H groups in total. The summed E-state index contributed by atoms with van der Waals surface area (Å²) in [7, 11) is 0. The summed E-state index contributed by atoms with van der Waals surface area (Å²) in [5.74, 6) is -0.741. The molecule has 1 heterocycles. The average Bonchev–Trinajstić information content (AvgIpc) is 2.69. The number of carboxylic acid groups (broad SMARTS) is 1. The first-order valence-corrected chi connectivity index (χ1v) is 5.73. The van der Waals surface area contributed by atoms with Crippen molar-refractivity contribution < 1.29 is 15.0 Å². The second kappa shape index (κ2) is 3.76. The van der Waals surface area contributed by atoms with Crippen molar-refractivity contribution in [1.29, 1.82) is 0 Å². The number of rotatable bonds is 2. The minimum absolute atomic E-state index is 0.0427. The molecule has 0 spiro atoms. The Labute approximate surface area is 89.9 Å². The molecule has 0 aromatic rings. The van der Waals surface area contributed by atoms with E-state index in [2.05, 4.69) is 0 Å². The molecule has 86 valence electrons. The van der Waals surface area contributed by atoms with Gasteiger partial charge < -0.3 is 10.2 Å². The van der Waals surface area contributed by atoms with Crippen LogP contribution in [-0.4, -0.2) is 45.3 Å². The molecule has 2 rings (SSSR count). The molecular formula is C11H19NO3. The van der Waals surface area contributed by atoms with E-state index >= 15 is 0 Å². The van der Waals surface area contributed by atoms with E-state index in [4.69, 9.17) is 5.11 Å². The highest BCUT2D eigenvalue weighted by Gasteiger charge is 2.45. The van der Waals surface area contributed by atoms with E-state index in [1.165, 1.54) is 0 Å². The fraction of sp³-hybridized carbons (Fsp3) is 0.909. The summed E-state index contributed by atoms with van der Waals surface area (Å²) in [6, 6.07) is -0.333. The minimum atomic E-state index is -0.741. The molecule has 0 amide bonds. The molecule has 1 saturated carbocycles. The van der Waals surface area contributed by atoms with E-state index in [-0.39, 0.29) is 12.1 Å². The van der Waals surface area contributed by atoms with E-state index in [1.807, 2.05) is 11.8 Å². The number of carbonyl (C=O) groups is 1. The summed E-state index contributed by atoms with van der Waals surface area (Å²) in [6.07, 6.45) is 4.38. The Morgan fingerprint density at radius 3 is 2.67 bits per heavy atom. The van der Waals surface area contributed by atoms with Crippen LogP contribution in [0.3, 0.4) is 0 Å². The molecular weight excluding hydrogens is 194 g/mol. The third-order valence-electron chi connectivity index (χ3n) is 3.86. The number of likely N-dealkylation sites (tertiary alicyclic amines) is 1. The lowest BCUT2D eigenvalue weighted by molar-refractivity contribution is -0.144. The van der Waals surface area contributed by atoms with Crippen LogP contribution in [0.4, 0.5) is 0 Å². The predicted molar refractivity (Wildman–Crippen MR) is 55.6 cm³/mol. The number of hydrogen-bond acceptors (Lipinski definition) is 3. The van der Waals surface area contributed by atoms with Crippen LogP contribution in [0, 0.1) is 0 Å². The smallest absolute Gasteiger partial charge is 0.320 e. The Kier molecular flexibility index (Phi) is 2.73. The van der Waals surface area contributed by atoms with Crippen molar-refractivity contribution >= 4 is 5.97 Å². The van der Waals surface area contributed by atoms with E-state index in [9.17, 15) is 9.90 Å². The molecule has 0 aromatic heterocycles. The van der Waals surface area contributed by atoms with Crippen LogP contribution in [0.1, 0.15) is 39.0 Å². The standard InChI is InChI=1S/C11H19NO3/c1-11(15)6-2-5-9(11)12-7-3-4-8(12)10(13)14/h8-9,15H,2-7H2,1H3,(H,13,14). The molecule has 0 radical (unpaired) electrons. The number of aliphatic carboxylic acids is 1. The van der Waals surface area contributed by atoms with Crippen molar-refractivity contribution in [3.63, 3.8) is 0 Å². The normalized spacial score (nSPS) is 42.3. The molecule has 0 bridgehead atoms. The summed E-state index contributed by atoms with van der Waals surface area (Å²) in [5.41, 5.74) is -0.696. The van der Waals surface area contributed by atoms with Gasteiger partial charge in [-0.15, -0.1) is 0 Å². The zero-order chi connectivity index (χ0) is 11.1. The van der Waals surface area contributed by atoms with Gasteiger partial charge in [-0.2, -0.15) is 0 Å². The lowest BCUT2D eigenvalue weighted by Gasteiger charge is -2.36. The van der Waals surface area contributed by atoms with Crippen molar-refractivity contribution in [2.75, 3.05) is 6.54 Å². The molecule has 0 aromatic carbocycles. The second-order valence-electron chi connectivity index (χ2n) is 5.00. The Bertz CT molecular complexity index is 265. The summed E-state index contributed by atoms with van der Waals surface area (Å²) >= 11 is 0. The van der Waals surface area contributed by atoms with Gasteiger partial charge in [0, 0.05) is 6.04 Å². The van der Waals surface area contributed by atoms with Gasteiger partial charge in [0.1, 0.15) is 6.04 Å². The number of carboxylic acids is 1. The Morgan fingerprint density at radius 2 is 2.13 bits per heavy atom. The first-order chi connectivity index (χ1) is 7.02. The summed E-state index contributed by atoms with van der Waals surface area (Å²) in [5, 5.41) is 19.3. The van der Waals surface area contributed by atoms with E-state index < -0.39 is 11.6 Å². The van der Waals surface area contributed by atoms with Crippen molar-refractivity contribution in [3.8, 4) is 0 Å². The fourth-order valence-corrected chi connectivity index (χ4v) is 3.08. The Morgan fingerprint density at radius 1 is 1.40 bits per heavy atom. The summed E-state index contributed by atoms with van der Waals surface area (Å²) in [4.78, 5) is 13.1. The third kappa shape index (κ3) is 1.88. The van der Waals surface area contributed by atoms with Crippen LogP contribution in [-0.2, 0) is 4.79 Å². The average molecular weight is 213 g/mol. The van der Waals surface area contributed by atoms with Gasteiger partial charge in [-0.25, -0.2) is 0 Å². The first-order valence-electron chi connectivity index (χ1n) is 5.73. The lowest BCUT2D eigenvalue weighted by Crippen LogP contribution is -2.51. The topological polar surface area (TPSA) is 60.8 Å². The van der Waals surface area contributed by atoms with Crippen LogP contribution in [0.5, 0.6) is 0 Å². The monoisotopic (exact) mass is 213 g/mol. The third-order valence-corrected chi connectivity index (χ3v) is 3.86. The van der Waals surface area contributed by atoms with Gasteiger partial charge in [0.25, 0.3) is 0 Å². The van der Waals surface area contributed by atoms with Gasteiger partial charge in [-0.1, -0.05) is 0 Å². The maximum absolute atomic E-state index is 11.1. The van der Waals surface area contributed by atoms with E-state index in [0.29, 0.717) is 0 Å². The zero-order valence-corrected chi connectivity index (χ0v) is 9.15. The number of nitrogens with zero attached hydrogens (tertiary/aromatic N) is 1. The Balaban J connectivity index is 2.12. The summed E-state index contributed by atoms with van der Waals surface area (Å²) < 4.78 is 0. The molecule has 4 nitrogen and oxygen atoms in total. The zero-order valence-electron chi connectivity index (χ0n) is 9.15. The second-order valence-corrected chi connectivity index (χ2v) is 5.00. The molecule has 4 heteroatoms. The van der Waals surface area contributed by atoms with Gasteiger partial charge in [0.2, 0.25) is 0 Å². The molecule has 15 heavy (non-hydrogen) atoms. The van der Waals surface area contributed by atoms with Gasteiger partial charge in [0.15, 0.2) is 0 Å². The van der Waals surface area contributed by atoms with Crippen LogP contribution in [0.25, 0.3) is 0 Å². The van der Waals surface area contributed by atoms with Crippen molar-refractivity contribution in [1.82, 2.24) is 4.90 Å². The maximum atomic E-state index is 11.1. The first kappa shape index (κ1) is 10.9. The highest BCUT2D eigenvalue weighted by Crippen LogP contribution is 2.37. The molecule has 2 aliphatic rings. The largest absolute Gasteiger partial charge is 0.480 e. The Hall–Kier alpha value is -0.610. The van der Waals surface area contributed by atoms with Gasteiger partial charge >= 0.3 is 5.97 Å². The summed E-state index contributed by atoms with van der Waals surface area (Å²) in [6.45, 7) is 2.65. The van der Waals surface area contributed by atoms with Crippen LogP contribution < -0.4 is 0 Å². The van der Waals surface area contributed by atoms with E-state index in [1.54, 1.807) is 0 Å². The molecule has 3 atom stereocenters. The quantitative estimate of drug-likeness (QED) is 0.713. The van der Waals surface area contributed by atoms with Crippen molar-refractivity contribution in [2.45, 2.75) is 56.7 Å². The molecule has 2 fully saturated rings. The number of hydrogen-bond donors (Lipinski definition) is 2. The maximum Gasteiger partial charge on any atom is 0.320 e. The lowest BCUT2D eigenvalue weighted by atomic mass is 9.98. The molecule has 1 aliphatic carbocycles. The molecule has 1 aliphatic heterocycles. The van der Waals surface area contributed by atoms with Crippen LogP contribution in [0.15, 0.2) is 0 Å². The van der Waals surface area contributed by atoms with Gasteiger partial charge in [0.05, 0.1) is 5.60 Å². The van der Waals surface area contributed by atoms with Crippen molar-refractivity contribution in [2.24, 2.45) is 0 Å². The highest BCUT2D eigenvalue weighted by atomic mass is 16.4. The van der Waals surface area contributed by atoms with Crippen molar-refractivity contribution in [3.05, 3.63) is 0 Å². The fourth-order valence-electron chi connectivity index (χ4n) is 3.08. The number of aliphatic hydroxyl groups is 1. The minimum Gasteiger partial charge on any atom is -0.480 e. The molecule has 3 unspecified atom stereocenters. The van der Waals surface area contributed by atoms with Gasteiger partial charge in [-0.05, 0) is 45.6 Å².